The van der Waals surface area contributed by atoms with E-state index in [1.807, 2.05) is 27.7 Å². The molecular weight excluding hydrogens is 348 g/mol. The third kappa shape index (κ3) is 4.66. The summed E-state index contributed by atoms with van der Waals surface area (Å²) in [6, 6.07) is 0. The van der Waals surface area contributed by atoms with Crippen molar-refractivity contribution in [1.82, 2.24) is 9.62 Å². The zero-order chi connectivity index (χ0) is 19.6. The fourth-order valence-corrected chi connectivity index (χ4v) is 5.59. The van der Waals surface area contributed by atoms with E-state index in [-0.39, 0.29) is 12.2 Å². The second-order valence-corrected chi connectivity index (χ2v) is 9.43. The Morgan fingerprint density at radius 2 is 1.38 bits per heavy atom. The fourth-order valence-electron chi connectivity index (χ4n) is 3.92. The third-order valence-corrected chi connectivity index (χ3v) is 7.37. The van der Waals surface area contributed by atoms with Gasteiger partial charge >= 0.3 is 0 Å². The van der Waals surface area contributed by atoms with Crippen molar-refractivity contribution in [2.45, 2.75) is 72.0 Å². The van der Waals surface area contributed by atoms with Crippen molar-refractivity contribution in [1.29, 1.82) is 0 Å². The third-order valence-electron chi connectivity index (χ3n) is 5.64. The first-order valence-corrected chi connectivity index (χ1v) is 11.0. The molecule has 5 nitrogen and oxygen atoms in total. The molecule has 0 radical (unpaired) electrons. The van der Waals surface area contributed by atoms with Crippen LogP contribution in [0.5, 0.6) is 0 Å². The van der Waals surface area contributed by atoms with Crippen LogP contribution < -0.4 is 4.72 Å². The fraction of sp³-hybridized carbons (Fsp3) is 0.700. The summed E-state index contributed by atoms with van der Waals surface area (Å²) in [5, 5.41) is 0. The van der Waals surface area contributed by atoms with Crippen molar-refractivity contribution in [3.63, 3.8) is 0 Å². The Bertz CT molecular complexity index is 720. The van der Waals surface area contributed by atoms with Crippen LogP contribution in [0.2, 0.25) is 0 Å². The lowest BCUT2D eigenvalue weighted by Crippen LogP contribution is -2.46. The van der Waals surface area contributed by atoms with Crippen molar-refractivity contribution < 1.29 is 13.2 Å². The van der Waals surface area contributed by atoms with E-state index in [2.05, 4.69) is 30.4 Å². The second kappa shape index (κ2) is 8.38. The largest absolute Gasteiger partial charge is 0.373 e. The predicted molar refractivity (Wildman–Crippen MR) is 106 cm³/mol. The molecule has 2 atom stereocenters. The zero-order valence-corrected chi connectivity index (χ0v) is 18.1. The van der Waals surface area contributed by atoms with Gasteiger partial charge in [0.05, 0.1) is 17.1 Å². The lowest BCUT2D eigenvalue weighted by atomic mass is 9.95. The Labute approximate surface area is 159 Å². The molecular formula is C20H34N2O3S. The Hall–Kier alpha value is -0.950. The molecule has 1 aliphatic heterocycles. The van der Waals surface area contributed by atoms with Gasteiger partial charge in [-0.15, -0.1) is 0 Å². The van der Waals surface area contributed by atoms with Gasteiger partial charge in [0.1, 0.15) is 0 Å². The van der Waals surface area contributed by atoms with E-state index < -0.39 is 10.0 Å². The lowest BCUT2D eigenvalue weighted by Gasteiger charge is -2.35. The number of ether oxygens (including phenoxy) is 1. The standard InChI is InChI=1S/C20H34N2O3S/c1-13-11-22(12-14(2)25-13)10-8-9-21-26(23,24)20-18(6)16(4)15(3)17(5)19(20)7/h13-14,21H,8-12H2,1-7H3. The predicted octanol–water partition coefficient (Wildman–Crippen LogP) is 3.01. The molecule has 0 aliphatic carbocycles. The molecule has 1 fully saturated rings. The number of nitrogens with one attached hydrogen (secondary N) is 1. The van der Waals surface area contributed by atoms with Crippen LogP contribution in [0.15, 0.2) is 4.90 Å². The molecule has 1 saturated heterocycles. The summed E-state index contributed by atoms with van der Waals surface area (Å²) in [5.41, 5.74) is 5.01. The van der Waals surface area contributed by atoms with E-state index >= 15 is 0 Å². The summed E-state index contributed by atoms with van der Waals surface area (Å²) in [6.45, 7) is 17.2. The lowest BCUT2D eigenvalue weighted by molar-refractivity contribution is -0.0679. The molecule has 2 rings (SSSR count). The van der Waals surface area contributed by atoms with Crippen molar-refractivity contribution in [3.8, 4) is 0 Å². The minimum atomic E-state index is -3.50. The number of hydrogen-bond acceptors (Lipinski definition) is 4. The van der Waals surface area contributed by atoms with Gasteiger partial charge in [-0.05, 0) is 89.2 Å². The molecule has 6 heteroatoms. The van der Waals surface area contributed by atoms with Crippen molar-refractivity contribution in [2.75, 3.05) is 26.2 Å². The normalized spacial score (nSPS) is 22.0. The van der Waals surface area contributed by atoms with Gasteiger partial charge in [0.2, 0.25) is 10.0 Å². The molecule has 1 N–H and O–H groups in total. The first kappa shape index (κ1) is 21.4. The molecule has 0 amide bonds. The monoisotopic (exact) mass is 382 g/mol. The SMILES string of the molecule is Cc1c(C)c(C)c(S(=O)(=O)NCCCN2CC(C)OC(C)C2)c(C)c1C. The number of nitrogens with zero attached hydrogens (tertiary/aromatic N) is 1. The van der Waals surface area contributed by atoms with Crippen LogP contribution in [0.1, 0.15) is 48.1 Å². The summed E-state index contributed by atoms with van der Waals surface area (Å²) < 4.78 is 34.3. The molecule has 1 aromatic carbocycles. The van der Waals surface area contributed by atoms with E-state index in [1.54, 1.807) is 0 Å². The molecule has 0 saturated carbocycles. The number of morpholine rings is 1. The Morgan fingerprint density at radius 3 is 1.88 bits per heavy atom. The average Bonchev–Trinajstić information content (AvgIpc) is 2.54. The molecule has 0 bridgehead atoms. The Kier molecular flexibility index (Phi) is 6.88. The maximum atomic E-state index is 12.9. The van der Waals surface area contributed by atoms with E-state index in [4.69, 9.17) is 4.74 Å². The molecule has 1 heterocycles. The summed E-state index contributed by atoms with van der Waals surface area (Å²) in [4.78, 5) is 2.80. The van der Waals surface area contributed by atoms with E-state index in [0.29, 0.717) is 11.4 Å². The van der Waals surface area contributed by atoms with E-state index in [9.17, 15) is 8.42 Å². The van der Waals surface area contributed by atoms with Crippen LogP contribution >= 0.6 is 0 Å². The summed E-state index contributed by atoms with van der Waals surface area (Å²) in [6.07, 6.45) is 1.26. The second-order valence-electron chi connectivity index (χ2n) is 7.72. The maximum Gasteiger partial charge on any atom is 0.241 e. The minimum Gasteiger partial charge on any atom is -0.373 e. The van der Waals surface area contributed by atoms with Gasteiger partial charge in [-0.3, -0.25) is 4.90 Å². The molecule has 1 aliphatic rings. The number of hydrogen-bond donors (Lipinski definition) is 1. The van der Waals surface area contributed by atoms with Gasteiger partial charge in [0, 0.05) is 19.6 Å². The highest BCUT2D eigenvalue weighted by Gasteiger charge is 2.24. The van der Waals surface area contributed by atoms with Gasteiger partial charge in [0.25, 0.3) is 0 Å². The highest BCUT2D eigenvalue weighted by Crippen LogP contribution is 2.29. The van der Waals surface area contributed by atoms with Crippen molar-refractivity contribution in [3.05, 3.63) is 27.8 Å². The minimum absolute atomic E-state index is 0.235. The van der Waals surface area contributed by atoms with Crippen LogP contribution in [0, 0.1) is 34.6 Å². The van der Waals surface area contributed by atoms with Crippen molar-refractivity contribution >= 4 is 10.0 Å². The first-order chi connectivity index (χ1) is 12.0. The average molecular weight is 383 g/mol. The molecule has 0 spiro atoms. The highest BCUT2D eigenvalue weighted by atomic mass is 32.2. The Morgan fingerprint density at radius 1 is 0.923 bits per heavy atom. The van der Waals surface area contributed by atoms with Gasteiger partial charge in [-0.2, -0.15) is 0 Å². The summed E-state index contributed by atoms with van der Waals surface area (Å²) >= 11 is 0. The zero-order valence-electron chi connectivity index (χ0n) is 17.3. The van der Waals surface area contributed by atoms with E-state index in [0.717, 1.165) is 48.3 Å². The first-order valence-electron chi connectivity index (χ1n) is 9.49. The number of benzene rings is 1. The van der Waals surface area contributed by atoms with E-state index in [1.165, 1.54) is 5.56 Å². The topological polar surface area (TPSA) is 58.6 Å². The maximum absolute atomic E-state index is 12.9. The van der Waals surface area contributed by atoms with Crippen LogP contribution in [0.4, 0.5) is 0 Å². The molecule has 1 aromatic rings. The quantitative estimate of drug-likeness (QED) is 0.769. The Balaban J connectivity index is 2.02. The number of rotatable bonds is 6. The molecule has 148 valence electrons. The molecule has 0 aromatic heterocycles. The van der Waals surface area contributed by atoms with Gasteiger partial charge in [-0.1, -0.05) is 0 Å². The molecule has 26 heavy (non-hydrogen) atoms. The van der Waals surface area contributed by atoms with Crippen molar-refractivity contribution in [2.24, 2.45) is 0 Å². The van der Waals surface area contributed by atoms with Crippen LogP contribution in [0.3, 0.4) is 0 Å². The highest BCUT2D eigenvalue weighted by molar-refractivity contribution is 7.89. The van der Waals surface area contributed by atoms with Gasteiger partial charge in [-0.25, -0.2) is 13.1 Å². The summed E-state index contributed by atoms with van der Waals surface area (Å²) in [7, 11) is -3.50. The van der Waals surface area contributed by atoms with Crippen LogP contribution in [0.25, 0.3) is 0 Å². The van der Waals surface area contributed by atoms with Crippen LogP contribution in [-0.2, 0) is 14.8 Å². The number of sulfonamides is 1. The van der Waals surface area contributed by atoms with Crippen LogP contribution in [-0.4, -0.2) is 51.7 Å². The smallest absolute Gasteiger partial charge is 0.241 e. The molecule has 2 unspecified atom stereocenters. The van der Waals surface area contributed by atoms with Gasteiger partial charge < -0.3 is 4.74 Å². The van der Waals surface area contributed by atoms with Gasteiger partial charge in [0.15, 0.2) is 0 Å². The summed E-state index contributed by atoms with van der Waals surface area (Å²) in [5.74, 6) is 0.